The predicted octanol–water partition coefficient (Wildman–Crippen LogP) is 5.06. The summed E-state index contributed by atoms with van der Waals surface area (Å²) < 4.78 is 1.97. The van der Waals surface area contributed by atoms with Crippen molar-refractivity contribution in [2.45, 2.75) is 76.0 Å². The van der Waals surface area contributed by atoms with E-state index in [1.807, 2.05) is 62.0 Å². The van der Waals surface area contributed by atoms with E-state index in [0.717, 1.165) is 48.6 Å². The first kappa shape index (κ1) is 27.8. The van der Waals surface area contributed by atoms with Crippen molar-refractivity contribution in [3.8, 4) is 0 Å². The average molecular weight is 515 g/mol. The molecule has 0 saturated heterocycles. The number of nitrogens with zero attached hydrogens (tertiary/aromatic N) is 3. The van der Waals surface area contributed by atoms with Crippen molar-refractivity contribution in [3.05, 3.63) is 48.3 Å². The van der Waals surface area contributed by atoms with Crippen LogP contribution in [0.4, 0.5) is 4.79 Å². The number of nitrogens with one attached hydrogen (secondary N) is 1. The highest BCUT2D eigenvalue weighted by Crippen LogP contribution is 2.46. The minimum absolute atomic E-state index is 0.172. The van der Waals surface area contributed by atoms with Crippen LogP contribution in [0, 0.1) is 5.41 Å². The minimum atomic E-state index is -1.14. The fourth-order valence-electron chi connectivity index (χ4n) is 4.76. The number of hydrogen-bond donors (Lipinski definition) is 2. The number of Topliss-reactive ketones (excluding diaryl/α,β-unsaturated/α-hetero) is 1. The topological polar surface area (TPSA) is 105 Å². The van der Waals surface area contributed by atoms with Crippen LogP contribution in [0.1, 0.15) is 70.4 Å². The Hall–Kier alpha value is -2.81. The molecule has 9 heteroatoms. The van der Waals surface area contributed by atoms with Gasteiger partial charge in [0.2, 0.25) is 5.78 Å². The number of benzene rings is 1. The maximum Gasteiger partial charge on any atom is 0.407 e. The molecule has 0 spiro atoms. The van der Waals surface area contributed by atoms with Crippen LogP contribution in [-0.4, -0.2) is 55.7 Å². The van der Waals surface area contributed by atoms with Gasteiger partial charge < -0.3 is 15.0 Å². The molecule has 1 aliphatic rings. The summed E-state index contributed by atoms with van der Waals surface area (Å²) in [7, 11) is 1.95. The monoisotopic (exact) mass is 514 g/mol. The van der Waals surface area contributed by atoms with Crippen molar-refractivity contribution in [1.82, 2.24) is 19.8 Å². The van der Waals surface area contributed by atoms with E-state index in [-0.39, 0.29) is 18.0 Å². The van der Waals surface area contributed by atoms with Crippen molar-refractivity contribution in [2.75, 3.05) is 12.3 Å². The Kier molecular flexibility index (Phi) is 9.98. The van der Waals surface area contributed by atoms with Crippen molar-refractivity contribution in [1.29, 1.82) is 0 Å². The lowest BCUT2D eigenvalue weighted by molar-refractivity contribution is -0.141. The number of thioether (sulfide) groups is 1. The van der Waals surface area contributed by atoms with Gasteiger partial charge in [-0.2, -0.15) is 0 Å². The molecular formula is C27H38N4O4S. The number of amides is 2. The van der Waals surface area contributed by atoms with Gasteiger partial charge in [0.15, 0.2) is 5.16 Å². The number of imidazole rings is 1. The summed E-state index contributed by atoms with van der Waals surface area (Å²) in [6.45, 7) is 4.08. The van der Waals surface area contributed by atoms with Gasteiger partial charge in [-0.1, -0.05) is 68.3 Å². The van der Waals surface area contributed by atoms with Gasteiger partial charge in [0.05, 0.1) is 6.04 Å². The number of aryl methyl sites for hydroxylation is 1. The molecule has 0 bridgehead atoms. The Bertz CT molecular complexity index is 1020. The van der Waals surface area contributed by atoms with Gasteiger partial charge in [0, 0.05) is 31.7 Å². The lowest BCUT2D eigenvalue weighted by Gasteiger charge is -2.46. The summed E-state index contributed by atoms with van der Waals surface area (Å²) in [6.07, 6.45) is 8.07. The summed E-state index contributed by atoms with van der Waals surface area (Å²) >= 11 is 1.66. The summed E-state index contributed by atoms with van der Waals surface area (Å²) in [6, 6.07) is 8.08. The summed E-state index contributed by atoms with van der Waals surface area (Å²) in [4.78, 5) is 44.3. The van der Waals surface area contributed by atoms with Crippen molar-refractivity contribution >= 4 is 29.5 Å². The standard InChI is InChI=1S/C27H38N4O4S/c1-4-5-12-22(23(32)24(33)29-20(2)21-10-7-6-8-11-21)31(26(34)35)19-27(13-9-14-27)15-18-36-25-28-16-17-30(25)3/h6-8,10-11,16-17,20,22H,4-5,9,12-15,18-19H2,1-3H3,(H,29,33)(H,34,35)/t20-,22+/m1/s1. The summed E-state index contributed by atoms with van der Waals surface area (Å²) in [5.74, 6) is -0.585. The quantitative estimate of drug-likeness (QED) is 0.270. The molecule has 2 aromatic rings. The third-order valence-corrected chi connectivity index (χ3v) is 8.25. The number of carbonyl (C=O) groups excluding carboxylic acids is 2. The number of carboxylic acid groups (broad SMARTS) is 1. The van der Waals surface area contributed by atoms with Crippen molar-refractivity contribution in [2.24, 2.45) is 12.5 Å². The molecule has 1 aliphatic carbocycles. The lowest BCUT2D eigenvalue weighted by atomic mass is 9.66. The van der Waals surface area contributed by atoms with Crippen LogP contribution in [0.2, 0.25) is 0 Å². The lowest BCUT2D eigenvalue weighted by Crippen LogP contribution is -2.54. The van der Waals surface area contributed by atoms with E-state index in [2.05, 4.69) is 10.3 Å². The average Bonchev–Trinajstić information content (AvgIpc) is 3.25. The van der Waals surface area contributed by atoms with Crippen LogP contribution in [0.5, 0.6) is 0 Å². The van der Waals surface area contributed by atoms with E-state index in [4.69, 9.17) is 0 Å². The van der Waals surface area contributed by atoms with Crippen molar-refractivity contribution < 1.29 is 19.5 Å². The molecule has 1 aromatic carbocycles. The molecule has 0 aliphatic heterocycles. The second kappa shape index (κ2) is 12.9. The molecular weight excluding hydrogens is 476 g/mol. The number of carbonyl (C=O) groups is 3. The molecule has 1 saturated carbocycles. The van der Waals surface area contributed by atoms with Crippen LogP contribution in [0.3, 0.4) is 0 Å². The molecule has 8 nitrogen and oxygen atoms in total. The van der Waals surface area contributed by atoms with E-state index in [0.29, 0.717) is 12.8 Å². The Morgan fingerprint density at radius 2 is 1.97 bits per heavy atom. The van der Waals surface area contributed by atoms with E-state index < -0.39 is 23.8 Å². The first-order valence-corrected chi connectivity index (χ1v) is 13.7. The molecule has 1 aromatic heterocycles. The molecule has 2 amide bonds. The zero-order valence-corrected chi connectivity index (χ0v) is 22.3. The Morgan fingerprint density at radius 1 is 1.25 bits per heavy atom. The maximum atomic E-state index is 13.3. The fourth-order valence-corrected chi connectivity index (χ4v) is 5.87. The van der Waals surface area contributed by atoms with Gasteiger partial charge in [-0.3, -0.25) is 14.5 Å². The van der Waals surface area contributed by atoms with Gasteiger partial charge in [0.1, 0.15) is 6.04 Å². The largest absolute Gasteiger partial charge is 0.465 e. The molecule has 3 rings (SSSR count). The van der Waals surface area contributed by atoms with Gasteiger partial charge >= 0.3 is 6.09 Å². The number of unbranched alkanes of at least 4 members (excludes halogenated alkanes) is 1. The Morgan fingerprint density at radius 3 is 2.53 bits per heavy atom. The molecule has 1 heterocycles. The normalized spacial score (nSPS) is 16.0. The highest BCUT2D eigenvalue weighted by molar-refractivity contribution is 7.99. The number of rotatable bonds is 14. The molecule has 1 fully saturated rings. The van der Waals surface area contributed by atoms with E-state index in [1.54, 1.807) is 18.0 Å². The third-order valence-electron chi connectivity index (χ3n) is 7.19. The SMILES string of the molecule is CCCC[C@@H](C(=O)C(=O)N[C@H](C)c1ccccc1)N(CC1(CCSc2nccn2C)CCC1)C(=O)O. The Labute approximate surface area is 217 Å². The number of ketones is 1. The number of hydrogen-bond acceptors (Lipinski definition) is 5. The summed E-state index contributed by atoms with van der Waals surface area (Å²) in [5.41, 5.74) is 0.715. The van der Waals surface area contributed by atoms with Gasteiger partial charge in [-0.15, -0.1) is 0 Å². The highest BCUT2D eigenvalue weighted by atomic mass is 32.2. The first-order chi connectivity index (χ1) is 17.3. The zero-order valence-electron chi connectivity index (χ0n) is 21.5. The number of aromatic nitrogens is 2. The molecule has 0 unspecified atom stereocenters. The first-order valence-electron chi connectivity index (χ1n) is 12.8. The van der Waals surface area contributed by atoms with Crippen LogP contribution < -0.4 is 5.32 Å². The second-order valence-electron chi connectivity index (χ2n) is 9.81. The molecule has 2 N–H and O–H groups in total. The molecule has 0 radical (unpaired) electrons. The third kappa shape index (κ3) is 7.12. The summed E-state index contributed by atoms with van der Waals surface area (Å²) in [5, 5.41) is 13.9. The zero-order chi connectivity index (χ0) is 26.1. The second-order valence-corrected chi connectivity index (χ2v) is 10.9. The maximum absolute atomic E-state index is 13.3. The van der Waals surface area contributed by atoms with Crippen molar-refractivity contribution in [3.63, 3.8) is 0 Å². The Balaban J connectivity index is 1.70. The van der Waals surface area contributed by atoms with E-state index in [9.17, 15) is 19.5 Å². The predicted molar refractivity (Wildman–Crippen MR) is 141 cm³/mol. The van der Waals surface area contributed by atoms with Crippen LogP contribution in [0.25, 0.3) is 0 Å². The van der Waals surface area contributed by atoms with Crippen LogP contribution in [-0.2, 0) is 16.6 Å². The van der Waals surface area contributed by atoms with Crippen LogP contribution >= 0.6 is 11.8 Å². The van der Waals surface area contributed by atoms with Gasteiger partial charge in [0.25, 0.3) is 5.91 Å². The van der Waals surface area contributed by atoms with E-state index >= 15 is 0 Å². The smallest absolute Gasteiger partial charge is 0.407 e. The van der Waals surface area contributed by atoms with Crippen LogP contribution in [0.15, 0.2) is 47.9 Å². The van der Waals surface area contributed by atoms with E-state index in [1.165, 1.54) is 4.90 Å². The molecule has 196 valence electrons. The van der Waals surface area contributed by atoms with Gasteiger partial charge in [-0.05, 0) is 43.6 Å². The molecule has 36 heavy (non-hydrogen) atoms. The minimum Gasteiger partial charge on any atom is -0.465 e. The molecule has 2 atom stereocenters. The van der Waals surface area contributed by atoms with Gasteiger partial charge in [-0.25, -0.2) is 9.78 Å². The highest BCUT2D eigenvalue weighted by Gasteiger charge is 2.43. The fraction of sp³-hybridized carbons (Fsp3) is 0.556.